The molecule has 0 aliphatic carbocycles. The minimum atomic E-state index is 0.281. The molecule has 1 aromatic heterocycles. The minimum absolute atomic E-state index is 0.281. The lowest BCUT2D eigenvalue weighted by Gasteiger charge is -2.18. The number of hydrogen-bond donors (Lipinski definition) is 1. The van der Waals surface area contributed by atoms with Crippen LogP contribution >= 0.6 is 0 Å². The fraction of sp³-hybridized carbons (Fsp3) is 0.750. The third-order valence-electron chi connectivity index (χ3n) is 5.74. The van der Waals surface area contributed by atoms with Gasteiger partial charge in [0.1, 0.15) is 0 Å². The summed E-state index contributed by atoms with van der Waals surface area (Å²) in [6.45, 7) is 5.89. The lowest BCUT2D eigenvalue weighted by atomic mass is 9.82. The Morgan fingerprint density at radius 2 is 1.95 bits per heavy atom. The molecule has 0 unspecified atom stereocenters. The molecule has 0 spiro atoms. The van der Waals surface area contributed by atoms with Crippen LogP contribution in [-0.2, 0) is 16.0 Å². The quantitative estimate of drug-likeness (QED) is 0.919. The van der Waals surface area contributed by atoms with Crippen molar-refractivity contribution in [3.63, 3.8) is 0 Å². The van der Waals surface area contributed by atoms with Crippen molar-refractivity contribution in [2.24, 2.45) is 11.8 Å². The van der Waals surface area contributed by atoms with Crippen molar-refractivity contribution < 1.29 is 9.53 Å². The van der Waals surface area contributed by atoms with E-state index in [4.69, 9.17) is 4.74 Å². The van der Waals surface area contributed by atoms with Crippen LogP contribution in [0.1, 0.15) is 36.2 Å². The van der Waals surface area contributed by atoms with E-state index in [-0.39, 0.29) is 5.91 Å². The molecule has 1 N–H and O–H groups in total. The Bertz CT molecular complexity index is 550. The van der Waals surface area contributed by atoms with Crippen LogP contribution in [0.3, 0.4) is 0 Å². The normalized spacial score (nSPS) is 33.7. The van der Waals surface area contributed by atoms with Gasteiger partial charge >= 0.3 is 0 Å². The number of nitrogens with zero attached hydrogens (tertiary/aromatic N) is 2. The van der Waals surface area contributed by atoms with E-state index >= 15 is 0 Å². The molecule has 1 amide bonds. The third-order valence-corrected chi connectivity index (χ3v) is 5.74. The Hall–Kier alpha value is -1.36. The van der Waals surface area contributed by atoms with Gasteiger partial charge in [-0.2, -0.15) is 5.10 Å². The molecule has 114 valence electrons. The van der Waals surface area contributed by atoms with Crippen molar-refractivity contribution in [1.82, 2.24) is 15.1 Å². The summed E-state index contributed by atoms with van der Waals surface area (Å²) in [4.78, 5) is 14.5. The van der Waals surface area contributed by atoms with E-state index in [1.807, 2.05) is 6.92 Å². The maximum absolute atomic E-state index is 12.4. The molecular weight excluding hydrogens is 266 g/mol. The van der Waals surface area contributed by atoms with Gasteiger partial charge in [-0.05, 0) is 32.3 Å². The van der Waals surface area contributed by atoms with Crippen LogP contribution in [0.15, 0.2) is 0 Å². The number of nitrogens with one attached hydrogen (secondary N) is 1. The van der Waals surface area contributed by atoms with Crippen molar-refractivity contribution in [3.8, 4) is 0 Å². The van der Waals surface area contributed by atoms with E-state index in [0.717, 1.165) is 30.9 Å². The molecule has 0 saturated carbocycles. The number of rotatable bonds is 3. The van der Waals surface area contributed by atoms with Gasteiger partial charge in [-0.25, -0.2) is 0 Å². The molecule has 5 nitrogen and oxygen atoms in total. The molecule has 3 saturated heterocycles. The molecule has 21 heavy (non-hydrogen) atoms. The summed E-state index contributed by atoms with van der Waals surface area (Å²) >= 11 is 0. The third kappa shape index (κ3) is 2.09. The van der Waals surface area contributed by atoms with E-state index in [9.17, 15) is 4.79 Å². The van der Waals surface area contributed by atoms with E-state index in [1.54, 1.807) is 0 Å². The fourth-order valence-electron chi connectivity index (χ4n) is 4.33. The standard InChI is InChI=1S/C16H23N3O2/c1-9-10(2)17-18-13(9)3-6-16(20)19-7-11-12(8-19)15-5-4-14(11)21-15/h11-12,14-15H,3-8H2,1-2H3,(H,17,18)/t11-,12+,14+,15-. The Morgan fingerprint density at radius 3 is 2.52 bits per heavy atom. The molecule has 3 aliphatic heterocycles. The smallest absolute Gasteiger partial charge is 0.222 e. The number of carbonyl (C=O) groups is 1. The molecule has 4 rings (SSSR count). The summed E-state index contributed by atoms with van der Waals surface area (Å²) in [6, 6.07) is 0. The number of fused-ring (bicyclic) bond motifs is 5. The van der Waals surface area contributed by atoms with Crippen molar-refractivity contribution in [3.05, 3.63) is 17.0 Å². The molecule has 3 aliphatic rings. The Labute approximate surface area is 125 Å². The van der Waals surface area contributed by atoms with Gasteiger partial charge in [0.25, 0.3) is 0 Å². The summed E-state index contributed by atoms with van der Waals surface area (Å²) in [7, 11) is 0. The summed E-state index contributed by atoms with van der Waals surface area (Å²) in [5, 5.41) is 7.28. The predicted molar refractivity (Wildman–Crippen MR) is 77.8 cm³/mol. The van der Waals surface area contributed by atoms with Gasteiger partial charge in [-0.15, -0.1) is 0 Å². The fourth-order valence-corrected chi connectivity index (χ4v) is 4.33. The van der Waals surface area contributed by atoms with Gasteiger partial charge in [0.15, 0.2) is 0 Å². The first kappa shape index (κ1) is 13.3. The highest BCUT2D eigenvalue weighted by atomic mass is 16.5. The average molecular weight is 289 g/mol. The van der Waals surface area contributed by atoms with Gasteiger partial charge in [-0.3, -0.25) is 9.89 Å². The molecule has 4 heterocycles. The van der Waals surface area contributed by atoms with E-state index in [2.05, 4.69) is 22.0 Å². The van der Waals surface area contributed by atoms with Gasteiger partial charge in [-0.1, -0.05) is 0 Å². The summed E-state index contributed by atoms with van der Waals surface area (Å²) in [5.74, 6) is 1.48. The van der Waals surface area contributed by atoms with Gasteiger partial charge in [0.05, 0.1) is 17.9 Å². The first-order chi connectivity index (χ1) is 10.1. The number of aromatic nitrogens is 2. The second kappa shape index (κ2) is 4.83. The Morgan fingerprint density at radius 1 is 1.29 bits per heavy atom. The van der Waals surface area contributed by atoms with E-state index < -0.39 is 0 Å². The molecule has 1 aromatic rings. The van der Waals surface area contributed by atoms with Crippen LogP contribution in [0.5, 0.6) is 0 Å². The number of carbonyl (C=O) groups excluding carboxylic acids is 1. The first-order valence-corrected chi connectivity index (χ1v) is 8.07. The molecule has 0 aromatic carbocycles. The van der Waals surface area contributed by atoms with Crippen molar-refractivity contribution in [1.29, 1.82) is 0 Å². The number of ether oxygens (including phenoxy) is 1. The van der Waals surface area contributed by atoms with Gasteiger partial charge in [0.2, 0.25) is 5.91 Å². The molecule has 2 bridgehead atoms. The van der Waals surface area contributed by atoms with Crippen LogP contribution < -0.4 is 0 Å². The average Bonchev–Trinajstić information content (AvgIpc) is 3.20. The minimum Gasteiger partial charge on any atom is -0.374 e. The van der Waals surface area contributed by atoms with Crippen LogP contribution in [0.4, 0.5) is 0 Å². The molecular formula is C16H23N3O2. The lowest BCUT2D eigenvalue weighted by molar-refractivity contribution is -0.130. The molecule has 0 radical (unpaired) electrons. The van der Waals surface area contributed by atoms with Crippen LogP contribution in [-0.4, -0.2) is 46.3 Å². The van der Waals surface area contributed by atoms with Crippen molar-refractivity contribution in [2.75, 3.05) is 13.1 Å². The zero-order chi connectivity index (χ0) is 14.6. The molecule has 3 fully saturated rings. The van der Waals surface area contributed by atoms with Crippen molar-refractivity contribution >= 4 is 5.91 Å². The summed E-state index contributed by atoms with van der Waals surface area (Å²) in [6.07, 6.45) is 4.55. The number of H-pyrrole nitrogens is 1. The first-order valence-electron chi connectivity index (χ1n) is 8.07. The Balaban J connectivity index is 1.35. The second-order valence-electron chi connectivity index (χ2n) is 6.84. The number of likely N-dealkylation sites (tertiary alicyclic amines) is 1. The lowest BCUT2D eigenvalue weighted by Crippen LogP contribution is -2.31. The van der Waals surface area contributed by atoms with Crippen LogP contribution in [0, 0.1) is 25.7 Å². The SMILES string of the molecule is Cc1[nH]nc(CCC(=O)N2C[C@@H]3[C@H](C2)[C@H]2CC[C@@H]3O2)c1C. The van der Waals surface area contributed by atoms with Gasteiger partial charge in [0, 0.05) is 43.5 Å². The zero-order valence-corrected chi connectivity index (χ0v) is 12.8. The summed E-state index contributed by atoms with van der Waals surface area (Å²) in [5.41, 5.74) is 3.32. The highest BCUT2D eigenvalue weighted by Crippen LogP contribution is 2.47. The second-order valence-corrected chi connectivity index (χ2v) is 6.84. The Kier molecular flexibility index (Phi) is 3.06. The highest BCUT2D eigenvalue weighted by Gasteiger charge is 2.53. The number of aryl methyl sites for hydroxylation is 2. The topological polar surface area (TPSA) is 58.2 Å². The van der Waals surface area contributed by atoms with E-state index in [1.165, 1.54) is 18.4 Å². The number of hydrogen-bond acceptors (Lipinski definition) is 3. The zero-order valence-electron chi connectivity index (χ0n) is 12.8. The maximum atomic E-state index is 12.4. The maximum Gasteiger partial charge on any atom is 0.222 e. The largest absolute Gasteiger partial charge is 0.374 e. The monoisotopic (exact) mass is 289 g/mol. The van der Waals surface area contributed by atoms with E-state index in [0.29, 0.717) is 30.5 Å². The number of aromatic amines is 1. The van der Waals surface area contributed by atoms with Crippen molar-refractivity contribution in [2.45, 2.75) is 51.7 Å². The highest BCUT2D eigenvalue weighted by molar-refractivity contribution is 5.76. The predicted octanol–water partition coefficient (Wildman–Crippen LogP) is 1.59. The molecule has 4 atom stereocenters. The van der Waals surface area contributed by atoms with Gasteiger partial charge < -0.3 is 9.64 Å². The van der Waals surface area contributed by atoms with Crippen LogP contribution in [0.25, 0.3) is 0 Å². The van der Waals surface area contributed by atoms with Crippen LogP contribution in [0.2, 0.25) is 0 Å². The molecule has 5 heteroatoms. The number of amides is 1. The summed E-state index contributed by atoms with van der Waals surface area (Å²) < 4.78 is 5.96.